The maximum atomic E-state index is 6.03. The second-order valence-corrected chi connectivity index (χ2v) is 5.12. The van der Waals surface area contributed by atoms with E-state index in [2.05, 4.69) is 27.0 Å². The Morgan fingerprint density at radius 2 is 2.25 bits per heavy atom. The molecule has 2 N–H and O–H groups in total. The third-order valence-corrected chi connectivity index (χ3v) is 3.64. The number of hydrogen-bond acceptors (Lipinski definition) is 2. The van der Waals surface area contributed by atoms with Gasteiger partial charge in [0.15, 0.2) is 5.96 Å². The molecule has 104 valence electrons. The Bertz CT molecular complexity index is 598. The molecular formula is C15H19N5. The van der Waals surface area contributed by atoms with Crippen LogP contribution in [0.4, 0.5) is 0 Å². The van der Waals surface area contributed by atoms with Gasteiger partial charge < -0.3 is 15.2 Å². The van der Waals surface area contributed by atoms with Crippen LogP contribution in [0.2, 0.25) is 0 Å². The van der Waals surface area contributed by atoms with Crippen molar-refractivity contribution < 1.29 is 0 Å². The van der Waals surface area contributed by atoms with E-state index >= 15 is 0 Å². The largest absolute Gasteiger partial charge is 0.370 e. The average Bonchev–Trinajstić information content (AvgIpc) is 3.19. The topological polar surface area (TPSA) is 59.4 Å². The van der Waals surface area contributed by atoms with E-state index in [-0.39, 0.29) is 0 Å². The van der Waals surface area contributed by atoms with E-state index in [4.69, 9.17) is 5.73 Å². The number of benzene rings is 1. The first kappa shape index (κ1) is 12.7. The Balaban J connectivity index is 1.79. The normalized spacial score (nSPS) is 15.3. The summed E-state index contributed by atoms with van der Waals surface area (Å²) in [7, 11) is 2.01. The van der Waals surface area contributed by atoms with Crippen molar-refractivity contribution in [2.24, 2.45) is 10.7 Å². The fourth-order valence-corrected chi connectivity index (χ4v) is 2.22. The molecule has 1 saturated carbocycles. The molecule has 0 spiro atoms. The van der Waals surface area contributed by atoms with Gasteiger partial charge in [-0.3, -0.25) is 0 Å². The second-order valence-electron chi connectivity index (χ2n) is 5.12. The highest BCUT2D eigenvalue weighted by molar-refractivity contribution is 5.78. The van der Waals surface area contributed by atoms with E-state index in [0.29, 0.717) is 18.5 Å². The molecule has 2 aromatic rings. The smallest absolute Gasteiger partial charge is 0.191 e. The molecule has 1 aliphatic rings. The standard InChI is InChI=1S/C15H19N5/c1-19(13-6-7-13)15(16)18-10-12-4-2-3-5-14(12)20-9-8-17-11-20/h2-5,8-9,11,13H,6-7,10H2,1H3,(H2,16,18). The van der Waals surface area contributed by atoms with Gasteiger partial charge >= 0.3 is 0 Å². The summed E-state index contributed by atoms with van der Waals surface area (Å²) in [5.74, 6) is 0.618. The van der Waals surface area contributed by atoms with Gasteiger partial charge in [0.25, 0.3) is 0 Å². The first-order valence-corrected chi connectivity index (χ1v) is 6.84. The third kappa shape index (κ3) is 2.66. The van der Waals surface area contributed by atoms with Crippen LogP contribution < -0.4 is 5.73 Å². The Hall–Kier alpha value is -2.30. The van der Waals surface area contributed by atoms with Crippen LogP contribution in [0.15, 0.2) is 48.0 Å². The van der Waals surface area contributed by atoms with E-state index < -0.39 is 0 Å². The lowest BCUT2D eigenvalue weighted by molar-refractivity contribution is 0.487. The van der Waals surface area contributed by atoms with E-state index in [1.54, 1.807) is 12.5 Å². The lowest BCUT2D eigenvalue weighted by Crippen LogP contribution is -2.35. The summed E-state index contributed by atoms with van der Waals surface area (Å²) in [5.41, 5.74) is 8.26. The van der Waals surface area contributed by atoms with Crippen molar-refractivity contribution in [3.8, 4) is 5.69 Å². The Morgan fingerprint density at radius 1 is 1.45 bits per heavy atom. The molecule has 0 unspecified atom stereocenters. The molecule has 1 heterocycles. The molecule has 0 bridgehead atoms. The summed E-state index contributed by atoms with van der Waals surface area (Å²) >= 11 is 0. The summed E-state index contributed by atoms with van der Waals surface area (Å²) in [5, 5.41) is 0. The van der Waals surface area contributed by atoms with Crippen LogP contribution in [-0.4, -0.2) is 33.5 Å². The van der Waals surface area contributed by atoms with Gasteiger partial charge in [-0.2, -0.15) is 0 Å². The summed E-state index contributed by atoms with van der Waals surface area (Å²) in [6, 6.07) is 8.76. The molecule has 1 fully saturated rings. The van der Waals surface area contributed by atoms with Gasteiger partial charge in [0.1, 0.15) is 0 Å². The highest BCUT2D eigenvalue weighted by atomic mass is 15.3. The van der Waals surface area contributed by atoms with Crippen LogP contribution in [0.3, 0.4) is 0 Å². The van der Waals surface area contributed by atoms with Gasteiger partial charge in [0, 0.05) is 25.5 Å². The van der Waals surface area contributed by atoms with Gasteiger partial charge in [-0.1, -0.05) is 18.2 Å². The minimum absolute atomic E-state index is 0.581. The molecule has 1 aromatic heterocycles. The third-order valence-electron chi connectivity index (χ3n) is 3.64. The van der Waals surface area contributed by atoms with Crippen molar-refractivity contribution in [3.63, 3.8) is 0 Å². The predicted octanol–water partition coefficient (Wildman–Crippen LogP) is 1.78. The number of rotatable bonds is 4. The van der Waals surface area contributed by atoms with Crippen LogP contribution in [0.5, 0.6) is 0 Å². The predicted molar refractivity (Wildman–Crippen MR) is 79.7 cm³/mol. The summed E-state index contributed by atoms with van der Waals surface area (Å²) in [6.07, 6.45) is 7.94. The zero-order valence-corrected chi connectivity index (χ0v) is 11.6. The minimum Gasteiger partial charge on any atom is -0.370 e. The first-order chi connectivity index (χ1) is 9.75. The molecule has 0 atom stereocenters. The molecule has 0 saturated heterocycles. The second kappa shape index (κ2) is 5.36. The molecular weight excluding hydrogens is 250 g/mol. The zero-order valence-electron chi connectivity index (χ0n) is 11.6. The fourth-order valence-electron chi connectivity index (χ4n) is 2.22. The number of para-hydroxylation sites is 1. The van der Waals surface area contributed by atoms with Gasteiger partial charge in [-0.05, 0) is 24.5 Å². The molecule has 3 rings (SSSR count). The van der Waals surface area contributed by atoms with Crippen LogP contribution in [0.1, 0.15) is 18.4 Å². The number of nitrogens with zero attached hydrogens (tertiary/aromatic N) is 4. The molecule has 5 nitrogen and oxygen atoms in total. The van der Waals surface area contributed by atoms with Crippen molar-refractivity contribution in [2.75, 3.05) is 7.05 Å². The van der Waals surface area contributed by atoms with E-state index in [0.717, 1.165) is 11.3 Å². The van der Waals surface area contributed by atoms with Crippen molar-refractivity contribution in [2.45, 2.75) is 25.4 Å². The van der Waals surface area contributed by atoms with E-state index in [1.165, 1.54) is 12.8 Å². The van der Waals surface area contributed by atoms with Crippen molar-refractivity contribution in [3.05, 3.63) is 48.5 Å². The number of nitrogens with two attached hydrogens (primary N) is 1. The molecule has 20 heavy (non-hydrogen) atoms. The quantitative estimate of drug-likeness (QED) is 0.680. The maximum Gasteiger partial charge on any atom is 0.191 e. The minimum atomic E-state index is 0.581. The van der Waals surface area contributed by atoms with Crippen molar-refractivity contribution in [1.82, 2.24) is 14.5 Å². The lowest BCUT2D eigenvalue weighted by Gasteiger charge is -2.17. The average molecular weight is 269 g/mol. The fraction of sp³-hybridized carbons (Fsp3) is 0.333. The number of aromatic nitrogens is 2. The molecule has 0 radical (unpaired) electrons. The van der Waals surface area contributed by atoms with Crippen LogP contribution in [-0.2, 0) is 6.54 Å². The zero-order chi connectivity index (χ0) is 13.9. The molecule has 1 aliphatic carbocycles. The van der Waals surface area contributed by atoms with Crippen molar-refractivity contribution in [1.29, 1.82) is 0 Å². The van der Waals surface area contributed by atoms with Gasteiger partial charge in [0.2, 0.25) is 0 Å². The molecule has 5 heteroatoms. The first-order valence-electron chi connectivity index (χ1n) is 6.84. The highest BCUT2D eigenvalue weighted by Crippen LogP contribution is 2.25. The number of guanidine groups is 1. The number of imidazole rings is 1. The Kier molecular flexibility index (Phi) is 3.41. The summed E-state index contributed by atoms with van der Waals surface area (Å²) in [6.45, 7) is 0.581. The van der Waals surface area contributed by atoms with Crippen molar-refractivity contribution >= 4 is 5.96 Å². The highest BCUT2D eigenvalue weighted by Gasteiger charge is 2.27. The van der Waals surface area contributed by atoms with Gasteiger partial charge in [-0.25, -0.2) is 9.98 Å². The van der Waals surface area contributed by atoms with E-state index in [9.17, 15) is 0 Å². The van der Waals surface area contributed by atoms with Gasteiger partial charge in [-0.15, -0.1) is 0 Å². The maximum absolute atomic E-state index is 6.03. The van der Waals surface area contributed by atoms with Gasteiger partial charge in [0.05, 0.1) is 18.6 Å². The van der Waals surface area contributed by atoms with Crippen LogP contribution in [0.25, 0.3) is 5.69 Å². The lowest BCUT2D eigenvalue weighted by atomic mass is 10.2. The van der Waals surface area contributed by atoms with Crippen LogP contribution >= 0.6 is 0 Å². The SMILES string of the molecule is CN(C(N)=NCc1ccccc1-n1ccnc1)C1CC1. The number of hydrogen-bond donors (Lipinski definition) is 1. The van der Waals surface area contributed by atoms with E-state index in [1.807, 2.05) is 29.9 Å². The monoisotopic (exact) mass is 269 g/mol. The summed E-state index contributed by atoms with van der Waals surface area (Å²) in [4.78, 5) is 10.7. The molecule has 0 aliphatic heterocycles. The Labute approximate surface area is 118 Å². The summed E-state index contributed by atoms with van der Waals surface area (Å²) < 4.78 is 1.99. The number of aliphatic imine (C=N–C) groups is 1. The molecule has 1 aromatic carbocycles. The van der Waals surface area contributed by atoms with Crippen LogP contribution in [0, 0.1) is 0 Å². The Morgan fingerprint density at radius 3 is 2.95 bits per heavy atom. The molecule has 0 amide bonds.